The topological polar surface area (TPSA) is 114 Å². The van der Waals surface area contributed by atoms with E-state index in [9.17, 15) is 14.0 Å². The van der Waals surface area contributed by atoms with E-state index in [0.717, 1.165) is 38.8 Å². The van der Waals surface area contributed by atoms with Crippen molar-refractivity contribution in [2.45, 2.75) is 45.1 Å². The number of fused-ring (bicyclic) bond motifs is 1. The van der Waals surface area contributed by atoms with E-state index in [1.807, 2.05) is 0 Å². The van der Waals surface area contributed by atoms with E-state index < -0.39 is 11.9 Å². The SMILES string of the molecule is Cc1cc2c(F)c(NC(=N[C@H]3CCCCN(CC(=O)N4CCCC4)C3=O)NC#N)ccc2o1. The number of hydrogen-bond acceptors (Lipinski definition) is 5. The number of hydrogen-bond donors (Lipinski definition) is 2. The number of nitrogens with zero attached hydrogens (tertiary/aromatic N) is 4. The molecule has 3 heterocycles. The highest BCUT2D eigenvalue weighted by molar-refractivity contribution is 5.98. The number of amides is 2. The number of nitrogens with one attached hydrogen (secondary N) is 2. The highest BCUT2D eigenvalue weighted by Gasteiger charge is 2.30. The number of carbonyl (C=O) groups is 2. The molecule has 174 valence electrons. The van der Waals surface area contributed by atoms with Crippen LogP contribution in [-0.4, -0.2) is 59.8 Å². The van der Waals surface area contributed by atoms with Crippen molar-refractivity contribution in [1.29, 1.82) is 5.26 Å². The van der Waals surface area contributed by atoms with Crippen molar-refractivity contribution in [3.05, 3.63) is 29.8 Å². The van der Waals surface area contributed by atoms with Crippen LogP contribution in [0.1, 0.15) is 37.9 Å². The molecule has 33 heavy (non-hydrogen) atoms. The van der Waals surface area contributed by atoms with Crippen molar-refractivity contribution >= 4 is 34.4 Å². The Balaban J connectivity index is 1.53. The average molecular weight is 455 g/mol. The summed E-state index contributed by atoms with van der Waals surface area (Å²) in [5.74, 6) is -0.299. The van der Waals surface area contributed by atoms with Gasteiger partial charge in [-0.3, -0.25) is 14.9 Å². The summed E-state index contributed by atoms with van der Waals surface area (Å²) in [5.41, 5.74) is 0.520. The molecule has 4 rings (SSSR count). The number of rotatable bonds is 4. The summed E-state index contributed by atoms with van der Waals surface area (Å²) >= 11 is 0. The fraction of sp³-hybridized carbons (Fsp3) is 0.478. The van der Waals surface area contributed by atoms with Crippen LogP contribution in [0.5, 0.6) is 0 Å². The Morgan fingerprint density at radius 2 is 2.03 bits per heavy atom. The number of halogens is 1. The number of benzene rings is 1. The Labute approximate surface area is 191 Å². The summed E-state index contributed by atoms with van der Waals surface area (Å²) in [7, 11) is 0. The van der Waals surface area contributed by atoms with Crippen LogP contribution in [0.4, 0.5) is 10.1 Å². The van der Waals surface area contributed by atoms with Crippen LogP contribution in [0.3, 0.4) is 0 Å². The summed E-state index contributed by atoms with van der Waals surface area (Å²) in [6.45, 7) is 3.71. The highest BCUT2D eigenvalue weighted by Crippen LogP contribution is 2.27. The molecule has 0 saturated carbocycles. The zero-order valence-corrected chi connectivity index (χ0v) is 18.6. The second-order valence-electron chi connectivity index (χ2n) is 8.39. The maximum Gasteiger partial charge on any atom is 0.247 e. The van der Waals surface area contributed by atoms with Gasteiger partial charge in [-0.1, -0.05) is 0 Å². The molecule has 0 aliphatic carbocycles. The predicted molar refractivity (Wildman–Crippen MR) is 121 cm³/mol. The third kappa shape index (κ3) is 5.08. The van der Waals surface area contributed by atoms with Crippen LogP contribution in [0.15, 0.2) is 27.6 Å². The van der Waals surface area contributed by atoms with Crippen LogP contribution < -0.4 is 10.6 Å². The lowest BCUT2D eigenvalue weighted by Crippen LogP contribution is -2.45. The van der Waals surface area contributed by atoms with Crippen LogP contribution in [0.25, 0.3) is 11.0 Å². The van der Waals surface area contributed by atoms with Gasteiger partial charge in [-0.05, 0) is 57.2 Å². The zero-order valence-electron chi connectivity index (χ0n) is 18.6. The van der Waals surface area contributed by atoms with Gasteiger partial charge in [0, 0.05) is 19.6 Å². The molecule has 0 unspecified atom stereocenters. The Morgan fingerprint density at radius 3 is 2.79 bits per heavy atom. The fourth-order valence-corrected chi connectivity index (χ4v) is 4.32. The molecule has 9 nitrogen and oxygen atoms in total. The first-order valence-electron chi connectivity index (χ1n) is 11.2. The second-order valence-corrected chi connectivity index (χ2v) is 8.39. The van der Waals surface area contributed by atoms with E-state index in [0.29, 0.717) is 29.7 Å². The van der Waals surface area contributed by atoms with Crippen LogP contribution in [0.2, 0.25) is 0 Å². The van der Waals surface area contributed by atoms with E-state index in [1.54, 1.807) is 35.0 Å². The molecule has 2 N–H and O–H groups in total. The Bertz CT molecular complexity index is 1120. The monoisotopic (exact) mass is 454 g/mol. The number of guanidine groups is 1. The lowest BCUT2D eigenvalue weighted by molar-refractivity contribution is -0.140. The highest BCUT2D eigenvalue weighted by atomic mass is 19.1. The number of nitriles is 1. The van der Waals surface area contributed by atoms with Gasteiger partial charge in [0.1, 0.15) is 17.4 Å². The van der Waals surface area contributed by atoms with Crippen LogP contribution in [0, 0.1) is 24.2 Å². The van der Waals surface area contributed by atoms with Crippen molar-refractivity contribution in [1.82, 2.24) is 15.1 Å². The minimum atomic E-state index is -0.773. The van der Waals surface area contributed by atoms with Gasteiger partial charge in [-0.25, -0.2) is 9.38 Å². The standard InChI is InChI=1S/C23H27FN6O3/c1-15-12-16-19(33-15)8-7-17(21(16)24)27-23(26-14-25)28-18-6-2-3-11-30(22(18)32)13-20(31)29-9-4-5-10-29/h7-8,12,18H,2-6,9-11,13H2,1H3,(H2,26,27,28)/t18-/m0/s1. The van der Waals surface area contributed by atoms with Gasteiger partial charge < -0.3 is 19.5 Å². The maximum atomic E-state index is 15.0. The molecule has 2 amide bonds. The summed E-state index contributed by atoms with van der Waals surface area (Å²) in [4.78, 5) is 33.5. The Hall–Kier alpha value is -3.61. The normalized spacial score (nSPS) is 19.5. The first kappa shape index (κ1) is 22.6. The lowest BCUT2D eigenvalue weighted by atomic mass is 10.1. The fourth-order valence-electron chi connectivity index (χ4n) is 4.32. The maximum absolute atomic E-state index is 15.0. The minimum Gasteiger partial charge on any atom is -0.461 e. The molecular formula is C23H27FN6O3. The zero-order chi connectivity index (χ0) is 23.4. The van der Waals surface area contributed by atoms with Gasteiger partial charge in [0.05, 0.1) is 17.6 Å². The van der Waals surface area contributed by atoms with Gasteiger partial charge in [-0.15, -0.1) is 0 Å². The number of furan rings is 1. The van der Waals surface area contributed by atoms with Gasteiger partial charge in [-0.2, -0.15) is 5.26 Å². The third-order valence-electron chi connectivity index (χ3n) is 6.01. The number of carbonyl (C=O) groups excluding carboxylic acids is 2. The lowest BCUT2D eigenvalue weighted by Gasteiger charge is -2.25. The first-order valence-corrected chi connectivity index (χ1v) is 11.2. The number of aryl methyl sites for hydroxylation is 1. The third-order valence-corrected chi connectivity index (χ3v) is 6.01. The Kier molecular flexibility index (Phi) is 6.77. The number of likely N-dealkylation sites (tertiary alicyclic amines) is 2. The first-order chi connectivity index (χ1) is 16.0. The van der Waals surface area contributed by atoms with E-state index in [2.05, 4.69) is 15.6 Å². The molecule has 1 atom stereocenters. The summed E-state index contributed by atoms with van der Waals surface area (Å²) in [6, 6.07) is 3.94. The van der Waals surface area contributed by atoms with E-state index >= 15 is 0 Å². The molecule has 2 aliphatic rings. The molecular weight excluding hydrogens is 427 g/mol. The van der Waals surface area contributed by atoms with Crippen LogP contribution in [-0.2, 0) is 9.59 Å². The van der Waals surface area contributed by atoms with E-state index in [1.165, 1.54) is 6.07 Å². The van der Waals surface area contributed by atoms with Gasteiger partial charge in [0.2, 0.25) is 17.8 Å². The molecule has 0 spiro atoms. The summed E-state index contributed by atoms with van der Waals surface area (Å²) < 4.78 is 20.4. The molecule has 2 saturated heterocycles. The number of aliphatic imine (C=N–C) groups is 1. The van der Waals surface area contributed by atoms with Crippen molar-refractivity contribution < 1.29 is 18.4 Å². The van der Waals surface area contributed by atoms with Crippen molar-refractivity contribution in [3.63, 3.8) is 0 Å². The molecule has 1 aromatic carbocycles. The predicted octanol–water partition coefficient (Wildman–Crippen LogP) is 2.72. The van der Waals surface area contributed by atoms with E-state index in [-0.39, 0.29) is 30.0 Å². The van der Waals surface area contributed by atoms with E-state index in [4.69, 9.17) is 9.68 Å². The van der Waals surface area contributed by atoms with Gasteiger partial charge in [0.15, 0.2) is 12.0 Å². The van der Waals surface area contributed by atoms with Crippen molar-refractivity contribution in [3.8, 4) is 6.19 Å². The molecule has 2 aliphatic heterocycles. The summed E-state index contributed by atoms with van der Waals surface area (Å²) in [6.07, 6.45) is 5.76. The molecule has 1 aromatic heterocycles. The largest absolute Gasteiger partial charge is 0.461 e. The smallest absolute Gasteiger partial charge is 0.247 e. The van der Waals surface area contributed by atoms with Crippen LogP contribution >= 0.6 is 0 Å². The summed E-state index contributed by atoms with van der Waals surface area (Å²) in [5, 5.41) is 14.7. The minimum absolute atomic E-state index is 0.0259. The van der Waals surface area contributed by atoms with Gasteiger partial charge in [0.25, 0.3) is 0 Å². The van der Waals surface area contributed by atoms with Crippen molar-refractivity contribution in [2.75, 3.05) is 31.5 Å². The second kappa shape index (κ2) is 9.90. The molecule has 0 radical (unpaired) electrons. The van der Waals surface area contributed by atoms with Crippen molar-refractivity contribution in [2.24, 2.45) is 4.99 Å². The molecule has 2 aromatic rings. The van der Waals surface area contributed by atoms with Gasteiger partial charge >= 0.3 is 0 Å². The Morgan fingerprint density at radius 1 is 1.27 bits per heavy atom. The molecule has 10 heteroatoms. The average Bonchev–Trinajstić information content (AvgIpc) is 3.43. The number of anilines is 1. The quantitative estimate of drug-likeness (QED) is 0.318. The molecule has 0 bridgehead atoms. The molecule has 2 fully saturated rings.